The second-order valence-corrected chi connectivity index (χ2v) is 8.61. The van der Waals surface area contributed by atoms with Crippen LogP contribution in [-0.2, 0) is 10.1 Å². The SMILES string of the molecule is CCCCCC(O)CCCCCCCCCCCCCS(=O)(=O)[O-].[Na+]. The first-order chi connectivity index (χ1) is 11.5. The Morgan fingerprint density at radius 2 is 1.08 bits per heavy atom. The van der Waals surface area contributed by atoms with Gasteiger partial charge >= 0.3 is 29.6 Å². The molecule has 4 nitrogen and oxygen atoms in total. The van der Waals surface area contributed by atoms with Gasteiger partial charge in [0.15, 0.2) is 0 Å². The molecule has 0 aliphatic heterocycles. The molecule has 0 aliphatic carbocycles. The molecule has 0 amide bonds. The van der Waals surface area contributed by atoms with Crippen LogP contribution in [0.25, 0.3) is 0 Å². The maximum absolute atomic E-state index is 10.4. The number of unbranched alkanes of at least 4 members (excludes halogenated alkanes) is 12. The number of rotatable bonds is 18. The van der Waals surface area contributed by atoms with Crippen molar-refractivity contribution < 1.29 is 47.6 Å². The first-order valence-corrected chi connectivity index (χ1v) is 11.6. The Hall–Kier alpha value is 0.870. The Balaban J connectivity index is 0. The molecule has 0 spiro atoms. The molecule has 0 bridgehead atoms. The maximum atomic E-state index is 10.4. The van der Waals surface area contributed by atoms with E-state index in [0.717, 1.165) is 44.9 Å². The fourth-order valence-corrected chi connectivity index (χ4v) is 3.58. The van der Waals surface area contributed by atoms with Crippen molar-refractivity contribution in [3.05, 3.63) is 0 Å². The van der Waals surface area contributed by atoms with Gasteiger partial charge < -0.3 is 9.66 Å². The van der Waals surface area contributed by atoms with Crippen LogP contribution in [0.4, 0.5) is 0 Å². The van der Waals surface area contributed by atoms with Crippen molar-refractivity contribution in [1.29, 1.82) is 0 Å². The van der Waals surface area contributed by atoms with E-state index in [1.165, 1.54) is 51.4 Å². The van der Waals surface area contributed by atoms with Crippen LogP contribution >= 0.6 is 0 Å². The predicted molar refractivity (Wildman–Crippen MR) is 100 cm³/mol. The van der Waals surface area contributed by atoms with Crippen LogP contribution in [0.15, 0.2) is 0 Å². The van der Waals surface area contributed by atoms with Gasteiger partial charge in [0.25, 0.3) is 0 Å². The Morgan fingerprint density at radius 3 is 1.48 bits per heavy atom. The Morgan fingerprint density at radius 1 is 0.720 bits per heavy atom. The molecule has 6 heteroatoms. The summed E-state index contributed by atoms with van der Waals surface area (Å²) in [4.78, 5) is 0. The zero-order valence-electron chi connectivity index (χ0n) is 16.7. The predicted octanol–water partition coefficient (Wildman–Crippen LogP) is 2.16. The second-order valence-electron chi connectivity index (χ2n) is 7.09. The summed E-state index contributed by atoms with van der Waals surface area (Å²) in [5.74, 6) is -0.208. The summed E-state index contributed by atoms with van der Waals surface area (Å²) in [6.07, 6.45) is 17.6. The molecule has 146 valence electrons. The van der Waals surface area contributed by atoms with Crippen molar-refractivity contribution in [3.8, 4) is 0 Å². The van der Waals surface area contributed by atoms with E-state index in [0.29, 0.717) is 6.42 Å². The number of aliphatic hydroxyl groups excluding tert-OH is 1. The Labute approximate surface area is 178 Å². The van der Waals surface area contributed by atoms with Crippen LogP contribution in [0, 0.1) is 0 Å². The quantitative estimate of drug-likeness (QED) is 0.222. The molecule has 0 rings (SSSR count). The van der Waals surface area contributed by atoms with E-state index in [4.69, 9.17) is 0 Å². The van der Waals surface area contributed by atoms with Crippen molar-refractivity contribution >= 4 is 10.1 Å². The summed E-state index contributed by atoms with van der Waals surface area (Å²) < 4.78 is 31.3. The first kappa shape index (κ1) is 28.1. The van der Waals surface area contributed by atoms with Gasteiger partial charge in [-0.05, 0) is 19.3 Å². The van der Waals surface area contributed by atoms with Crippen molar-refractivity contribution in [3.63, 3.8) is 0 Å². The summed E-state index contributed by atoms with van der Waals surface area (Å²) in [5, 5.41) is 9.83. The molecule has 1 atom stereocenters. The van der Waals surface area contributed by atoms with Crippen LogP contribution in [0.5, 0.6) is 0 Å². The first-order valence-electron chi connectivity index (χ1n) is 10.1. The molecule has 0 aromatic carbocycles. The summed E-state index contributed by atoms with van der Waals surface area (Å²) in [5.41, 5.74) is 0. The summed E-state index contributed by atoms with van der Waals surface area (Å²) in [7, 11) is -4.01. The molecule has 0 aliphatic rings. The van der Waals surface area contributed by atoms with Crippen LogP contribution in [-0.4, -0.2) is 29.9 Å². The van der Waals surface area contributed by atoms with Crippen LogP contribution in [0.3, 0.4) is 0 Å². The van der Waals surface area contributed by atoms with E-state index in [1.54, 1.807) is 0 Å². The van der Waals surface area contributed by atoms with E-state index < -0.39 is 10.1 Å². The summed E-state index contributed by atoms with van der Waals surface area (Å²) in [6.45, 7) is 2.19. The maximum Gasteiger partial charge on any atom is 1.00 e. The van der Waals surface area contributed by atoms with Gasteiger partial charge in [0.1, 0.15) is 0 Å². The number of hydrogen-bond acceptors (Lipinski definition) is 4. The van der Waals surface area contributed by atoms with Gasteiger partial charge in [-0.25, -0.2) is 8.42 Å². The average molecular weight is 387 g/mol. The molecule has 0 fully saturated rings. The molecular formula is C19H39NaO4S. The van der Waals surface area contributed by atoms with Crippen molar-refractivity contribution in [1.82, 2.24) is 0 Å². The third-order valence-corrected chi connectivity index (χ3v) is 5.36. The zero-order valence-corrected chi connectivity index (χ0v) is 19.5. The van der Waals surface area contributed by atoms with Crippen LogP contribution in [0.1, 0.15) is 110 Å². The van der Waals surface area contributed by atoms with E-state index in [1.807, 2.05) is 0 Å². The molecular weight excluding hydrogens is 347 g/mol. The fraction of sp³-hybridized carbons (Fsp3) is 1.00. The zero-order chi connectivity index (χ0) is 18.1. The normalized spacial score (nSPS) is 12.8. The minimum Gasteiger partial charge on any atom is -0.748 e. The standard InChI is InChI=1S/C19H40O4S.Na/c1-2-3-13-16-19(20)17-14-11-9-7-5-4-6-8-10-12-15-18-24(21,22)23;/h19-20H,2-18H2,1H3,(H,21,22,23);/q;+1/p-1. The monoisotopic (exact) mass is 386 g/mol. The smallest absolute Gasteiger partial charge is 0.748 e. The molecule has 0 aromatic rings. The molecule has 0 radical (unpaired) electrons. The topological polar surface area (TPSA) is 77.4 Å². The molecule has 1 N–H and O–H groups in total. The molecule has 0 aromatic heterocycles. The van der Waals surface area contributed by atoms with Gasteiger partial charge in [0.2, 0.25) is 0 Å². The minimum absolute atomic E-state index is 0. The second kappa shape index (κ2) is 19.6. The Kier molecular flexibility index (Phi) is 22.0. The fourth-order valence-electron chi connectivity index (χ4n) is 3.02. The van der Waals surface area contributed by atoms with Crippen molar-refractivity contribution in [2.75, 3.05) is 5.75 Å². The van der Waals surface area contributed by atoms with Crippen molar-refractivity contribution in [2.45, 2.75) is 116 Å². The molecule has 0 heterocycles. The van der Waals surface area contributed by atoms with E-state index >= 15 is 0 Å². The number of aliphatic hydroxyl groups is 1. The van der Waals surface area contributed by atoms with Crippen molar-refractivity contribution in [2.24, 2.45) is 0 Å². The molecule has 25 heavy (non-hydrogen) atoms. The molecule has 0 saturated heterocycles. The van der Waals surface area contributed by atoms with E-state index in [-0.39, 0.29) is 41.4 Å². The van der Waals surface area contributed by atoms with Gasteiger partial charge in [-0.2, -0.15) is 0 Å². The van der Waals surface area contributed by atoms with E-state index in [2.05, 4.69) is 6.92 Å². The Bertz CT molecular complexity index is 360. The molecule has 0 saturated carbocycles. The van der Waals surface area contributed by atoms with Gasteiger partial charge in [0.05, 0.1) is 16.2 Å². The van der Waals surface area contributed by atoms with Gasteiger partial charge in [-0.15, -0.1) is 0 Å². The van der Waals surface area contributed by atoms with E-state index in [9.17, 15) is 18.1 Å². The van der Waals surface area contributed by atoms with Crippen LogP contribution < -0.4 is 29.6 Å². The summed E-state index contributed by atoms with van der Waals surface area (Å²) >= 11 is 0. The van der Waals surface area contributed by atoms with Gasteiger partial charge in [-0.3, -0.25) is 0 Å². The minimum atomic E-state index is -4.01. The van der Waals surface area contributed by atoms with Crippen LogP contribution in [0.2, 0.25) is 0 Å². The summed E-state index contributed by atoms with van der Waals surface area (Å²) in [6, 6.07) is 0. The average Bonchev–Trinajstić information content (AvgIpc) is 2.51. The third kappa shape index (κ3) is 24.9. The molecule has 1 unspecified atom stereocenters. The van der Waals surface area contributed by atoms with Gasteiger partial charge in [-0.1, -0.05) is 90.4 Å². The largest absolute Gasteiger partial charge is 1.00 e. The third-order valence-electron chi connectivity index (χ3n) is 4.57. The van der Waals surface area contributed by atoms with Gasteiger partial charge in [0, 0.05) is 5.75 Å². The number of hydrogen-bond donors (Lipinski definition) is 1.